The Bertz CT molecular complexity index is 829. The number of carbonyl (C=O) groups excluding carboxylic acids is 1. The van der Waals surface area contributed by atoms with Crippen molar-refractivity contribution < 1.29 is 9.18 Å². The molecule has 132 valence electrons. The molecule has 0 unspecified atom stereocenters. The maximum Gasteiger partial charge on any atom is 0.266 e. The summed E-state index contributed by atoms with van der Waals surface area (Å²) < 4.78 is 12.9. The Labute approximate surface area is 152 Å². The summed E-state index contributed by atoms with van der Waals surface area (Å²) in [5.41, 5.74) is 2.39. The third-order valence-corrected chi connectivity index (χ3v) is 4.39. The standard InChI is InChI=1S/C21H20FN3O/c22-18-6-8-19(9-7-18)24-21(26)17(15-23)14-16-4-10-20(11-5-16)25-12-2-1-3-13-25/h4-11,14H,1-3,12-13H2,(H,24,26)/b17-14+. The molecule has 1 aliphatic heterocycles. The van der Waals surface area contributed by atoms with Gasteiger partial charge >= 0.3 is 0 Å². The van der Waals surface area contributed by atoms with Gasteiger partial charge in [-0.2, -0.15) is 5.26 Å². The molecule has 1 saturated heterocycles. The van der Waals surface area contributed by atoms with E-state index in [1.165, 1.54) is 43.5 Å². The monoisotopic (exact) mass is 349 g/mol. The van der Waals surface area contributed by atoms with Crippen molar-refractivity contribution in [3.8, 4) is 6.07 Å². The van der Waals surface area contributed by atoms with Gasteiger partial charge < -0.3 is 10.2 Å². The number of benzene rings is 2. The lowest BCUT2D eigenvalue weighted by Gasteiger charge is -2.28. The summed E-state index contributed by atoms with van der Waals surface area (Å²) >= 11 is 0. The van der Waals surface area contributed by atoms with Gasteiger partial charge in [0.25, 0.3) is 5.91 Å². The zero-order valence-electron chi connectivity index (χ0n) is 14.4. The van der Waals surface area contributed by atoms with Gasteiger partial charge in [0, 0.05) is 24.5 Å². The first-order valence-electron chi connectivity index (χ1n) is 8.69. The molecule has 0 spiro atoms. The molecule has 1 N–H and O–H groups in total. The number of anilines is 2. The second-order valence-corrected chi connectivity index (χ2v) is 6.27. The lowest BCUT2D eigenvalue weighted by Crippen LogP contribution is -2.29. The number of halogens is 1. The van der Waals surface area contributed by atoms with E-state index in [1.54, 1.807) is 6.08 Å². The van der Waals surface area contributed by atoms with Crippen LogP contribution in [0.1, 0.15) is 24.8 Å². The summed E-state index contributed by atoms with van der Waals surface area (Å²) in [6.07, 6.45) is 5.26. The number of nitriles is 1. The first-order chi connectivity index (χ1) is 12.7. The number of hydrogen-bond donors (Lipinski definition) is 1. The average Bonchev–Trinajstić information content (AvgIpc) is 2.69. The molecule has 1 aliphatic rings. The fourth-order valence-electron chi connectivity index (χ4n) is 2.98. The number of hydrogen-bond acceptors (Lipinski definition) is 3. The van der Waals surface area contributed by atoms with Crippen molar-refractivity contribution in [1.29, 1.82) is 5.26 Å². The number of nitrogens with zero attached hydrogens (tertiary/aromatic N) is 2. The van der Waals surface area contributed by atoms with E-state index in [0.717, 1.165) is 24.3 Å². The normalized spacial score (nSPS) is 14.6. The topological polar surface area (TPSA) is 56.1 Å². The van der Waals surface area contributed by atoms with E-state index in [4.69, 9.17) is 0 Å². The Morgan fingerprint density at radius 2 is 1.69 bits per heavy atom. The van der Waals surface area contributed by atoms with E-state index in [-0.39, 0.29) is 11.4 Å². The van der Waals surface area contributed by atoms with Crippen molar-refractivity contribution in [1.82, 2.24) is 0 Å². The van der Waals surface area contributed by atoms with E-state index in [1.807, 2.05) is 30.3 Å². The second kappa shape index (κ2) is 8.30. The molecule has 0 aromatic heterocycles. The first kappa shape index (κ1) is 17.7. The van der Waals surface area contributed by atoms with E-state index in [2.05, 4.69) is 10.2 Å². The van der Waals surface area contributed by atoms with Crippen LogP contribution in [0.2, 0.25) is 0 Å². The molecule has 0 aliphatic carbocycles. The highest BCUT2D eigenvalue weighted by Crippen LogP contribution is 2.21. The molecule has 2 aromatic rings. The number of carbonyl (C=O) groups is 1. The van der Waals surface area contributed by atoms with Gasteiger partial charge in [0.2, 0.25) is 0 Å². The maximum absolute atomic E-state index is 12.9. The van der Waals surface area contributed by atoms with Gasteiger partial charge in [-0.3, -0.25) is 4.79 Å². The molecule has 0 saturated carbocycles. The molecule has 5 heteroatoms. The van der Waals surface area contributed by atoms with Crippen molar-refractivity contribution in [3.05, 3.63) is 65.5 Å². The lowest BCUT2D eigenvalue weighted by molar-refractivity contribution is -0.112. The number of piperidine rings is 1. The van der Waals surface area contributed by atoms with Gasteiger partial charge in [-0.1, -0.05) is 12.1 Å². The van der Waals surface area contributed by atoms with Gasteiger partial charge in [0.1, 0.15) is 17.5 Å². The van der Waals surface area contributed by atoms with Crippen LogP contribution in [0.3, 0.4) is 0 Å². The number of amides is 1. The zero-order valence-corrected chi connectivity index (χ0v) is 14.4. The van der Waals surface area contributed by atoms with Crippen LogP contribution in [0.4, 0.5) is 15.8 Å². The smallest absolute Gasteiger partial charge is 0.266 e. The van der Waals surface area contributed by atoms with Crippen LogP contribution in [-0.4, -0.2) is 19.0 Å². The summed E-state index contributed by atoms with van der Waals surface area (Å²) in [7, 11) is 0. The van der Waals surface area contributed by atoms with Crippen LogP contribution >= 0.6 is 0 Å². The minimum atomic E-state index is -0.515. The Morgan fingerprint density at radius 3 is 2.31 bits per heavy atom. The molecule has 1 heterocycles. The molecule has 2 aromatic carbocycles. The Kier molecular flexibility index (Phi) is 5.65. The van der Waals surface area contributed by atoms with E-state index < -0.39 is 5.91 Å². The SMILES string of the molecule is N#C/C(=C\c1ccc(N2CCCCC2)cc1)C(=O)Nc1ccc(F)cc1. The van der Waals surface area contributed by atoms with E-state index >= 15 is 0 Å². The van der Waals surface area contributed by atoms with Gasteiger partial charge in [-0.15, -0.1) is 0 Å². The summed E-state index contributed by atoms with van der Waals surface area (Å²) in [5.74, 6) is -0.896. The summed E-state index contributed by atoms with van der Waals surface area (Å²) in [6, 6.07) is 15.2. The number of rotatable bonds is 4. The molecule has 4 nitrogen and oxygen atoms in total. The third-order valence-electron chi connectivity index (χ3n) is 4.39. The molecule has 1 amide bonds. The van der Waals surface area contributed by atoms with Crippen molar-refractivity contribution >= 4 is 23.4 Å². The van der Waals surface area contributed by atoms with Crippen LogP contribution in [-0.2, 0) is 4.79 Å². The fourth-order valence-corrected chi connectivity index (χ4v) is 2.98. The minimum Gasteiger partial charge on any atom is -0.372 e. The van der Waals surface area contributed by atoms with Gasteiger partial charge in [0.05, 0.1) is 0 Å². The van der Waals surface area contributed by atoms with Gasteiger partial charge in [-0.25, -0.2) is 4.39 Å². The van der Waals surface area contributed by atoms with Crippen LogP contribution in [0.15, 0.2) is 54.1 Å². The fraction of sp³-hybridized carbons (Fsp3) is 0.238. The zero-order chi connectivity index (χ0) is 18.4. The van der Waals surface area contributed by atoms with Gasteiger partial charge in [0.15, 0.2) is 0 Å². The summed E-state index contributed by atoms with van der Waals surface area (Å²) in [4.78, 5) is 14.6. The van der Waals surface area contributed by atoms with Crippen LogP contribution < -0.4 is 10.2 Å². The molecule has 0 bridgehead atoms. The third kappa shape index (κ3) is 4.48. The lowest BCUT2D eigenvalue weighted by atomic mass is 10.1. The Balaban J connectivity index is 1.70. The van der Waals surface area contributed by atoms with Crippen LogP contribution in [0.5, 0.6) is 0 Å². The van der Waals surface area contributed by atoms with Gasteiger partial charge in [-0.05, 0) is 67.3 Å². The van der Waals surface area contributed by atoms with Crippen LogP contribution in [0.25, 0.3) is 6.08 Å². The predicted octanol–water partition coefficient (Wildman–Crippen LogP) is 4.36. The van der Waals surface area contributed by atoms with E-state index in [0.29, 0.717) is 5.69 Å². The largest absolute Gasteiger partial charge is 0.372 e. The Hall–Kier alpha value is -3.13. The highest BCUT2D eigenvalue weighted by atomic mass is 19.1. The molecule has 1 fully saturated rings. The first-order valence-corrected chi connectivity index (χ1v) is 8.69. The predicted molar refractivity (Wildman–Crippen MR) is 101 cm³/mol. The van der Waals surface area contributed by atoms with Crippen LogP contribution in [0, 0.1) is 17.1 Å². The Morgan fingerprint density at radius 1 is 1.04 bits per heavy atom. The highest BCUT2D eigenvalue weighted by molar-refractivity contribution is 6.09. The van der Waals surface area contributed by atoms with E-state index in [9.17, 15) is 14.4 Å². The van der Waals surface area contributed by atoms with Crippen molar-refractivity contribution in [2.75, 3.05) is 23.3 Å². The minimum absolute atomic E-state index is 0.0000440. The molecule has 0 atom stereocenters. The summed E-state index contributed by atoms with van der Waals surface area (Å²) in [5, 5.41) is 11.9. The molecular formula is C21H20FN3O. The molecular weight excluding hydrogens is 329 g/mol. The quantitative estimate of drug-likeness (QED) is 0.659. The molecule has 0 radical (unpaired) electrons. The second-order valence-electron chi connectivity index (χ2n) is 6.27. The summed E-state index contributed by atoms with van der Waals surface area (Å²) in [6.45, 7) is 2.14. The highest BCUT2D eigenvalue weighted by Gasteiger charge is 2.12. The van der Waals surface area contributed by atoms with Crippen molar-refractivity contribution in [2.24, 2.45) is 0 Å². The molecule has 3 rings (SSSR count). The maximum atomic E-state index is 12.9. The average molecular weight is 349 g/mol. The molecule has 26 heavy (non-hydrogen) atoms. The number of nitrogens with one attached hydrogen (secondary N) is 1. The van der Waals surface area contributed by atoms with Crippen molar-refractivity contribution in [2.45, 2.75) is 19.3 Å². The van der Waals surface area contributed by atoms with Crippen molar-refractivity contribution in [3.63, 3.8) is 0 Å².